The van der Waals surface area contributed by atoms with Crippen LogP contribution in [0.2, 0.25) is 0 Å². The van der Waals surface area contributed by atoms with Crippen LogP contribution in [0, 0.1) is 35.6 Å². The van der Waals surface area contributed by atoms with Gasteiger partial charge in [-0.25, -0.2) is 0 Å². The van der Waals surface area contributed by atoms with Gasteiger partial charge in [0.25, 0.3) is 0 Å². The summed E-state index contributed by atoms with van der Waals surface area (Å²) in [5.41, 5.74) is 0. The molecular formula is H4LaO3PbTi. The maximum absolute atomic E-state index is 8.81. The van der Waals surface area contributed by atoms with Crippen LogP contribution >= 0.6 is 0 Å². The van der Waals surface area contributed by atoms with Crippen LogP contribution in [0.4, 0.5) is 0 Å². The first-order valence-electron chi connectivity index (χ1n) is 0.651. The van der Waals surface area contributed by atoms with E-state index in [-0.39, 0.29) is 62.9 Å². The van der Waals surface area contributed by atoms with E-state index in [1.54, 1.807) is 0 Å². The molecule has 0 spiro atoms. The van der Waals surface area contributed by atoms with Crippen LogP contribution in [0.15, 0.2) is 0 Å². The van der Waals surface area contributed by atoms with Gasteiger partial charge in [0.15, 0.2) is 0 Å². The standard InChI is InChI=1S/La.2H2O.O.Pb.Ti.2H/h;2*1H2;;;;;/q;;;;;+2;;/p-2. The first kappa shape index (κ1) is 15.8. The van der Waals surface area contributed by atoms with Crippen LogP contribution in [0.5, 0.6) is 0 Å². The third kappa shape index (κ3) is 31.0. The molecule has 0 saturated heterocycles. The molecule has 2 N–H and O–H groups in total. The van der Waals surface area contributed by atoms with E-state index in [4.69, 9.17) is 10.7 Å². The molecule has 0 heterocycles. The van der Waals surface area contributed by atoms with E-state index in [1.165, 1.54) is 0 Å². The van der Waals surface area contributed by atoms with Crippen molar-refractivity contribution in [2.75, 3.05) is 0 Å². The first-order valence-corrected chi connectivity index (χ1v) is 2.69. The summed E-state index contributed by atoms with van der Waals surface area (Å²) in [6.45, 7) is 0. The van der Waals surface area contributed by atoms with Gasteiger partial charge in [-0.2, -0.15) is 0 Å². The molecule has 0 unspecified atom stereocenters. The Morgan fingerprint density at radius 1 is 1.33 bits per heavy atom. The van der Waals surface area contributed by atoms with Crippen molar-refractivity contribution in [2.24, 2.45) is 0 Å². The fourth-order valence-electron chi connectivity index (χ4n) is 0. The number of hydrogen-bond donors (Lipinski definition) is 2. The molecule has 0 fully saturated rings. The topological polar surface area (TPSA) is 57.5 Å². The van der Waals surface area contributed by atoms with E-state index in [2.05, 4.69) is 0 Å². The molecule has 0 aliphatic heterocycles. The molecular weight excluding hydrogens is 442 g/mol. The molecule has 6 heavy (non-hydrogen) atoms. The van der Waals surface area contributed by atoms with E-state index in [0.717, 1.165) is 0 Å². The molecule has 0 aromatic heterocycles. The Labute approximate surface area is 90.4 Å². The predicted octanol–water partition coefficient (Wildman–Crippen LogP) is -2.15. The van der Waals surface area contributed by atoms with Crippen molar-refractivity contribution in [3.63, 3.8) is 0 Å². The van der Waals surface area contributed by atoms with E-state index in [1.807, 2.05) is 0 Å². The average Bonchev–Trinajstić information content (AvgIpc) is 0.811. The summed E-state index contributed by atoms with van der Waals surface area (Å²) in [4.78, 5) is 0. The Bertz CT molecular complexity index is 33.8. The first-order chi connectivity index (χ1) is 1.73. The van der Waals surface area contributed by atoms with E-state index >= 15 is 0 Å². The van der Waals surface area contributed by atoms with Crippen LogP contribution in [-0.2, 0) is 21.9 Å². The van der Waals surface area contributed by atoms with Crippen molar-refractivity contribution in [3.8, 4) is 0 Å². The molecule has 0 amide bonds. The molecule has 0 aromatic rings. The quantitative estimate of drug-likeness (QED) is 0.418. The third-order valence-corrected chi connectivity index (χ3v) is 0. The summed E-state index contributed by atoms with van der Waals surface area (Å²) < 4.78 is 23.2. The van der Waals surface area contributed by atoms with Crippen LogP contribution in [-0.4, -0.2) is 34.7 Å². The Kier molecular flexibility index (Phi) is 27.7. The molecule has 0 aliphatic rings. The van der Waals surface area contributed by atoms with Crippen LogP contribution in [0.1, 0.15) is 0 Å². The summed E-state index contributed by atoms with van der Waals surface area (Å²) in [5, 5.41) is 0. The van der Waals surface area contributed by atoms with E-state index in [9.17, 15) is 0 Å². The Morgan fingerprint density at radius 3 is 1.33 bits per heavy atom. The number of hydrogen-bond acceptors (Lipinski definition) is 1. The Balaban J connectivity index is -0.0000000450. The van der Waals surface area contributed by atoms with Crippen molar-refractivity contribution >= 4 is 27.3 Å². The second-order valence-electron chi connectivity index (χ2n) is 0.283. The van der Waals surface area contributed by atoms with Crippen molar-refractivity contribution in [3.05, 3.63) is 0 Å². The van der Waals surface area contributed by atoms with Gasteiger partial charge in [-0.3, -0.25) is 0 Å². The summed E-state index contributed by atoms with van der Waals surface area (Å²) in [6, 6.07) is 0. The van der Waals surface area contributed by atoms with E-state index < -0.39 is 18.6 Å². The van der Waals surface area contributed by atoms with Crippen molar-refractivity contribution in [2.45, 2.75) is 0 Å². The number of rotatable bonds is 0. The van der Waals surface area contributed by atoms with Gasteiger partial charge in [0.05, 0.1) is 0 Å². The van der Waals surface area contributed by atoms with Crippen molar-refractivity contribution < 1.29 is 64.9 Å². The van der Waals surface area contributed by atoms with Crippen LogP contribution in [0.25, 0.3) is 0 Å². The zero-order valence-corrected chi connectivity index (χ0v) is 13.8. The monoisotopic (exact) mass is 447 g/mol. The summed E-state index contributed by atoms with van der Waals surface area (Å²) in [6.07, 6.45) is 0. The average molecular weight is 446 g/mol. The van der Waals surface area contributed by atoms with Gasteiger partial charge in [0, 0.05) is 35.6 Å². The molecule has 3 nitrogen and oxygen atoms in total. The van der Waals surface area contributed by atoms with Gasteiger partial charge in [-0.15, -0.1) is 0 Å². The molecule has 0 saturated carbocycles. The molecule has 3 radical (unpaired) electrons. The van der Waals surface area contributed by atoms with Gasteiger partial charge in [0.1, 0.15) is 0 Å². The second kappa shape index (κ2) is 10.5. The molecule has 33 valence electrons. The Hall–Kier alpha value is 2.55. The SMILES string of the molecule is [La].[O]=[Ti]([OH])[OH].[PbH2]. The molecule has 0 aromatic carbocycles. The third-order valence-electron chi connectivity index (χ3n) is 0. The minimum atomic E-state index is -3.58. The molecule has 0 bridgehead atoms. The summed E-state index contributed by atoms with van der Waals surface area (Å²) in [7, 11) is 0. The van der Waals surface area contributed by atoms with E-state index in [0.29, 0.717) is 0 Å². The van der Waals surface area contributed by atoms with Crippen LogP contribution in [0.3, 0.4) is 0 Å². The van der Waals surface area contributed by atoms with Gasteiger partial charge in [-0.05, 0) is 0 Å². The minimum absolute atomic E-state index is 0. The molecule has 0 rings (SSSR count). The molecule has 0 aliphatic carbocycles. The van der Waals surface area contributed by atoms with Gasteiger partial charge < -0.3 is 0 Å². The Morgan fingerprint density at radius 2 is 1.33 bits per heavy atom. The summed E-state index contributed by atoms with van der Waals surface area (Å²) in [5.74, 6) is 0. The summed E-state index contributed by atoms with van der Waals surface area (Å²) >= 11 is -3.58. The second-order valence-corrected chi connectivity index (χ2v) is 1.17. The van der Waals surface area contributed by atoms with Crippen LogP contribution < -0.4 is 0 Å². The van der Waals surface area contributed by atoms with Gasteiger partial charge in [-0.1, -0.05) is 0 Å². The van der Waals surface area contributed by atoms with Crippen molar-refractivity contribution in [1.82, 2.24) is 0 Å². The molecule has 0 atom stereocenters. The zero-order chi connectivity index (χ0) is 3.58. The fourth-order valence-corrected chi connectivity index (χ4v) is 0. The normalized spacial score (nSPS) is 4.33. The van der Waals surface area contributed by atoms with Gasteiger partial charge in [0.2, 0.25) is 0 Å². The van der Waals surface area contributed by atoms with Crippen molar-refractivity contribution in [1.29, 1.82) is 0 Å². The maximum atomic E-state index is 8.81. The predicted molar refractivity (Wildman–Crippen MR) is 13.7 cm³/mol. The fraction of sp³-hybridized carbons (Fsp3) is 0. The molecule has 6 heteroatoms. The zero-order valence-electron chi connectivity index (χ0n) is 3.09. The van der Waals surface area contributed by atoms with Gasteiger partial charge >= 0.3 is 56.6 Å².